The van der Waals surface area contributed by atoms with Gasteiger partial charge in [0.25, 0.3) is 0 Å². The Kier molecular flexibility index (Phi) is 6.25. The average Bonchev–Trinajstić information content (AvgIpc) is 3.07. The number of pyridine rings is 1. The molecule has 136 valence electrons. The number of nitrogens with zero attached hydrogens (tertiary/aromatic N) is 3. The van der Waals surface area contributed by atoms with Crippen LogP contribution in [-0.4, -0.2) is 48.0 Å². The smallest absolute Gasteiger partial charge is 0.213 e. The second kappa shape index (κ2) is 8.82. The van der Waals surface area contributed by atoms with Gasteiger partial charge in [-0.05, 0) is 18.9 Å². The van der Waals surface area contributed by atoms with Gasteiger partial charge >= 0.3 is 0 Å². The van der Waals surface area contributed by atoms with Crippen LogP contribution in [0, 0.1) is 5.92 Å². The van der Waals surface area contributed by atoms with Crippen LogP contribution in [0.5, 0.6) is 5.88 Å². The van der Waals surface area contributed by atoms with Gasteiger partial charge in [-0.25, -0.2) is 9.97 Å². The van der Waals surface area contributed by atoms with E-state index in [4.69, 9.17) is 14.2 Å². The normalized spacial score (nSPS) is 20.4. The Labute approximate surface area is 148 Å². The monoisotopic (exact) mass is 346 g/mol. The highest BCUT2D eigenvalue weighted by Crippen LogP contribution is 2.32. The molecule has 0 amide bonds. The first-order valence-electron chi connectivity index (χ1n) is 8.68. The molecule has 3 rings (SSSR count). The predicted octanol–water partition coefficient (Wildman–Crippen LogP) is 2.42. The van der Waals surface area contributed by atoms with E-state index in [9.17, 15) is 0 Å². The number of anilines is 1. The zero-order valence-corrected chi connectivity index (χ0v) is 14.9. The van der Waals surface area contributed by atoms with Crippen LogP contribution in [-0.2, 0) is 16.5 Å². The summed E-state index contributed by atoms with van der Waals surface area (Å²) in [5.41, 5.74) is 0.975. The zero-order valence-electron chi connectivity index (χ0n) is 14.9. The molecule has 2 aromatic rings. The maximum absolute atomic E-state index is 6.01. The minimum atomic E-state index is 0.0332. The number of rotatable bonds is 8. The second-order valence-electron chi connectivity index (χ2n) is 6.20. The lowest BCUT2D eigenvalue weighted by Gasteiger charge is -2.31. The lowest BCUT2D eigenvalue weighted by atomic mass is 9.93. The van der Waals surface area contributed by atoms with Crippen molar-refractivity contribution in [2.24, 2.45) is 13.0 Å². The highest BCUT2D eigenvalue weighted by Gasteiger charge is 2.30. The van der Waals surface area contributed by atoms with Crippen molar-refractivity contribution in [3.05, 3.63) is 36.5 Å². The summed E-state index contributed by atoms with van der Waals surface area (Å²) in [6.45, 7) is 2.67. The number of aromatic nitrogens is 3. The summed E-state index contributed by atoms with van der Waals surface area (Å²) >= 11 is 0. The summed E-state index contributed by atoms with van der Waals surface area (Å²) in [5, 5.41) is 3.46. The molecule has 0 radical (unpaired) electrons. The molecule has 1 N–H and O–H groups in total. The minimum Gasteiger partial charge on any atom is -0.475 e. The standard InChI is InChI=1S/C18H26N4O3/c1-22-8-7-19-18(22)17-14(4-3-9-25-17)12-20-15-5-6-16(21-13-15)24-11-10-23-2/h5-8,13-14,17,20H,3-4,9-12H2,1-2H3/t14-,17+/m0/s1. The Morgan fingerprint density at radius 1 is 1.32 bits per heavy atom. The number of methoxy groups -OCH3 is 1. The molecular formula is C18H26N4O3. The van der Waals surface area contributed by atoms with Crippen LogP contribution in [0.25, 0.3) is 0 Å². The van der Waals surface area contributed by atoms with E-state index in [1.54, 1.807) is 13.3 Å². The summed E-state index contributed by atoms with van der Waals surface area (Å²) in [6, 6.07) is 3.85. The molecule has 7 nitrogen and oxygen atoms in total. The van der Waals surface area contributed by atoms with Crippen LogP contribution in [0.2, 0.25) is 0 Å². The van der Waals surface area contributed by atoms with Gasteiger partial charge in [0, 0.05) is 51.7 Å². The maximum atomic E-state index is 6.01. The van der Waals surface area contributed by atoms with E-state index in [2.05, 4.69) is 15.3 Å². The van der Waals surface area contributed by atoms with Gasteiger partial charge in [-0.2, -0.15) is 0 Å². The van der Waals surface area contributed by atoms with E-state index >= 15 is 0 Å². The number of nitrogens with one attached hydrogen (secondary N) is 1. The molecule has 7 heteroatoms. The molecule has 25 heavy (non-hydrogen) atoms. The van der Waals surface area contributed by atoms with Crippen molar-refractivity contribution in [3.63, 3.8) is 0 Å². The van der Waals surface area contributed by atoms with Crippen LogP contribution in [0.4, 0.5) is 5.69 Å². The van der Waals surface area contributed by atoms with Crippen molar-refractivity contribution >= 4 is 5.69 Å². The van der Waals surface area contributed by atoms with Gasteiger partial charge < -0.3 is 24.1 Å². The first-order valence-corrected chi connectivity index (χ1v) is 8.68. The van der Waals surface area contributed by atoms with Gasteiger partial charge in [0.05, 0.1) is 18.5 Å². The van der Waals surface area contributed by atoms with Gasteiger partial charge in [0.15, 0.2) is 0 Å². The fourth-order valence-electron chi connectivity index (χ4n) is 3.04. The molecule has 0 aliphatic carbocycles. The third kappa shape index (κ3) is 4.70. The summed E-state index contributed by atoms with van der Waals surface area (Å²) in [7, 11) is 3.66. The van der Waals surface area contributed by atoms with Crippen LogP contribution in [0.3, 0.4) is 0 Å². The molecule has 0 saturated carbocycles. The number of hydrogen-bond acceptors (Lipinski definition) is 6. The number of hydrogen-bond donors (Lipinski definition) is 1. The summed E-state index contributed by atoms with van der Waals surface area (Å²) in [6.07, 6.45) is 7.81. The number of aryl methyl sites for hydroxylation is 1. The maximum Gasteiger partial charge on any atom is 0.213 e. The van der Waals surface area contributed by atoms with Gasteiger partial charge in [0.2, 0.25) is 5.88 Å². The first kappa shape index (κ1) is 17.7. The molecule has 3 heterocycles. The molecule has 0 bridgehead atoms. The number of ether oxygens (including phenoxy) is 3. The van der Waals surface area contributed by atoms with E-state index in [-0.39, 0.29) is 6.10 Å². The minimum absolute atomic E-state index is 0.0332. The van der Waals surface area contributed by atoms with Crippen LogP contribution >= 0.6 is 0 Å². The Morgan fingerprint density at radius 3 is 2.96 bits per heavy atom. The SMILES string of the molecule is COCCOc1ccc(NC[C@@H]2CCCO[C@H]2c2nccn2C)cn1. The molecule has 0 spiro atoms. The molecule has 2 aromatic heterocycles. The van der Waals surface area contributed by atoms with E-state index in [1.165, 1.54) is 0 Å². The molecule has 0 unspecified atom stereocenters. The third-order valence-corrected chi connectivity index (χ3v) is 4.40. The average molecular weight is 346 g/mol. The van der Waals surface area contributed by atoms with Crippen molar-refractivity contribution in [3.8, 4) is 5.88 Å². The van der Waals surface area contributed by atoms with Crippen LogP contribution < -0.4 is 10.1 Å². The van der Waals surface area contributed by atoms with Crippen molar-refractivity contribution in [2.45, 2.75) is 18.9 Å². The Morgan fingerprint density at radius 2 is 2.24 bits per heavy atom. The fourth-order valence-corrected chi connectivity index (χ4v) is 3.04. The quantitative estimate of drug-likeness (QED) is 0.740. The van der Waals surface area contributed by atoms with Gasteiger partial charge in [-0.1, -0.05) is 0 Å². The van der Waals surface area contributed by atoms with E-state index < -0.39 is 0 Å². The Balaban J connectivity index is 1.55. The molecule has 1 aliphatic heterocycles. The van der Waals surface area contributed by atoms with E-state index in [1.807, 2.05) is 36.1 Å². The summed E-state index contributed by atoms with van der Waals surface area (Å²) in [5.74, 6) is 1.98. The van der Waals surface area contributed by atoms with Crippen molar-refractivity contribution in [2.75, 3.05) is 38.8 Å². The first-order chi connectivity index (χ1) is 12.3. The number of imidazole rings is 1. The lowest BCUT2D eigenvalue weighted by Crippen LogP contribution is -2.30. The van der Waals surface area contributed by atoms with Crippen molar-refractivity contribution < 1.29 is 14.2 Å². The van der Waals surface area contributed by atoms with Gasteiger partial charge in [0.1, 0.15) is 18.5 Å². The third-order valence-electron chi connectivity index (χ3n) is 4.40. The largest absolute Gasteiger partial charge is 0.475 e. The van der Waals surface area contributed by atoms with Crippen molar-refractivity contribution in [1.82, 2.24) is 14.5 Å². The molecule has 1 saturated heterocycles. The molecule has 1 aliphatic rings. The second-order valence-corrected chi connectivity index (χ2v) is 6.20. The fraction of sp³-hybridized carbons (Fsp3) is 0.556. The van der Waals surface area contributed by atoms with Gasteiger partial charge in [-0.15, -0.1) is 0 Å². The Bertz CT molecular complexity index is 644. The van der Waals surface area contributed by atoms with Crippen LogP contribution in [0.1, 0.15) is 24.8 Å². The molecule has 0 aromatic carbocycles. The molecule has 1 fully saturated rings. The van der Waals surface area contributed by atoms with E-state index in [0.29, 0.717) is 25.0 Å². The van der Waals surface area contributed by atoms with E-state index in [0.717, 1.165) is 37.5 Å². The van der Waals surface area contributed by atoms with Crippen molar-refractivity contribution in [1.29, 1.82) is 0 Å². The summed E-state index contributed by atoms with van der Waals surface area (Å²) < 4.78 is 18.5. The summed E-state index contributed by atoms with van der Waals surface area (Å²) in [4.78, 5) is 8.77. The predicted molar refractivity (Wildman–Crippen MR) is 94.7 cm³/mol. The molecular weight excluding hydrogens is 320 g/mol. The lowest BCUT2D eigenvalue weighted by molar-refractivity contribution is -0.0304. The molecule has 2 atom stereocenters. The Hall–Kier alpha value is -2.12. The topological polar surface area (TPSA) is 70.4 Å². The highest BCUT2D eigenvalue weighted by atomic mass is 16.5. The van der Waals surface area contributed by atoms with Gasteiger partial charge in [-0.3, -0.25) is 0 Å². The highest BCUT2D eigenvalue weighted by molar-refractivity contribution is 5.42. The zero-order chi connectivity index (χ0) is 17.5. The van der Waals surface area contributed by atoms with Crippen LogP contribution in [0.15, 0.2) is 30.7 Å².